The number of carbonyl (C=O) groups excluding carboxylic acids is 2. The van der Waals surface area contributed by atoms with Gasteiger partial charge in [0.15, 0.2) is 0 Å². The first-order valence-electron chi connectivity index (χ1n) is 4.81. The molecule has 16 heavy (non-hydrogen) atoms. The monoisotopic (exact) mass is 239 g/mol. The van der Waals surface area contributed by atoms with Crippen molar-refractivity contribution < 1.29 is 14.3 Å². The van der Waals surface area contributed by atoms with Gasteiger partial charge in [-0.3, -0.25) is 9.59 Å². The largest absolute Gasteiger partial charge is 0.495 e. The summed E-state index contributed by atoms with van der Waals surface area (Å²) in [6.07, 6.45) is 0.245. The summed E-state index contributed by atoms with van der Waals surface area (Å²) in [6, 6.07) is 4.97. The quantitative estimate of drug-likeness (QED) is 0.738. The molecule has 0 radical (unpaired) electrons. The molecule has 0 aromatic heterocycles. The number of carbonyl (C=O) groups is 2. The van der Waals surface area contributed by atoms with E-state index in [-0.39, 0.29) is 12.2 Å². The van der Waals surface area contributed by atoms with E-state index in [1.165, 1.54) is 12.0 Å². The van der Waals surface area contributed by atoms with Crippen LogP contribution in [0.5, 0.6) is 5.75 Å². The number of ether oxygens (including phenoxy) is 1. The van der Waals surface area contributed by atoms with Crippen LogP contribution >= 0.6 is 11.6 Å². The summed E-state index contributed by atoms with van der Waals surface area (Å²) < 4.78 is 5.13. The first-order chi connectivity index (χ1) is 7.63. The van der Waals surface area contributed by atoms with E-state index in [1.54, 1.807) is 18.2 Å². The molecule has 1 saturated heterocycles. The molecular formula is C11H10ClNO3. The van der Waals surface area contributed by atoms with Crippen LogP contribution in [-0.2, 0) is 9.59 Å². The van der Waals surface area contributed by atoms with Crippen LogP contribution in [-0.4, -0.2) is 25.3 Å². The van der Waals surface area contributed by atoms with Crippen LogP contribution in [0.3, 0.4) is 0 Å². The normalized spacial score (nSPS) is 15.8. The van der Waals surface area contributed by atoms with Crippen LogP contribution in [0.1, 0.15) is 6.42 Å². The van der Waals surface area contributed by atoms with E-state index in [0.29, 0.717) is 23.0 Å². The van der Waals surface area contributed by atoms with Crippen LogP contribution in [0.4, 0.5) is 5.69 Å². The lowest BCUT2D eigenvalue weighted by Gasteiger charge is -2.18. The molecule has 1 aromatic rings. The Balaban J connectivity index is 2.43. The van der Waals surface area contributed by atoms with Crippen LogP contribution in [0, 0.1) is 0 Å². The summed E-state index contributed by atoms with van der Waals surface area (Å²) >= 11 is 5.86. The van der Waals surface area contributed by atoms with E-state index in [0.717, 1.165) is 0 Å². The van der Waals surface area contributed by atoms with E-state index in [1.807, 2.05) is 0 Å². The standard InChI is InChI=1S/C11H10ClNO3/c1-16-10-3-2-7(12)6-8(10)13-5-4-9(14)11(13)15/h2-3,6H,4-5H2,1H3. The van der Waals surface area contributed by atoms with Gasteiger partial charge in [0.1, 0.15) is 5.75 Å². The van der Waals surface area contributed by atoms with Gasteiger partial charge in [-0.25, -0.2) is 0 Å². The fourth-order valence-corrected chi connectivity index (χ4v) is 1.84. The predicted molar refractivity (Wildman–Crippen MR) is 60.0 cm³/mol. The van der Waals surface area contributed by atoms with Crippen LogP contribution in [0.25, 0.3) is 0 Å². The second-order valence-corrected chi connectivity index (χ2v) is 3.88. The van der Waals surface area contributed by atoms with Crippen molar-refractivity contribution in [1.29, 1.82) is 0 Å². The minimum atomic E-state index is -0.499. The van der Waals surface area contributed by atoms with Gasteiger partial charge in [-0.15, -0.1) is 0 Å². The van der Waals surface area contributed by atoms with Crippen molar-refractivity contribution in [2.45, 2.75) is 6.42 Å². The fourth-order valence-electron chi connectivity index (χ4n) is 1.68. The molecule has 0 atom stereocenters. The third-order valence-electron chi connectivity index (χ3n) is 2.48. The van der Waals surface area contributed by atoms with Gasteiger partial charge in [-0.2, -0.15) is 0 Å². The molecule has 0 saturated carbocycles. The fraction of sp³-hybridized carbons (Fsp3) is 0.273. The molecule has 0 aliphatic carbocycles. The number of hydrogen-bond acceptors (Lipinski definition) is 3. The summed E-state index contributed by atoms with van der Waals surface area (Å²) in [5.74, 6) is -0.338. The van der Waals surface area contributed by atoms with Gasteiger partial charge in [0.05, 0.1) is 12.8 Å². The summed E-state index contributed by atoms with van der Waals surface area (Å²) in [7, 11) is 1.51. The average Bonchev–Trinajstić information content (AvgIpc) is 2.60. The third kappa shape index (κ3) is 1.76. The molecule has 1 aromatic carbocycles. The molecule has 4 nitrogen and oxygen atoms in total. The van der Waals surface area contributed by atoms with Crippen LogP contribution < -0.4 is 9.64 Å². The van der Waals surface area contributed by atoms with Crippen molar-refractivity contribution >= 4 is 29.0 Å². The van der Waals surface area contributed by atoms with E-state index in [9.17, 15) is 9.59 Å². The van der Waals surface area contributed by atoms with Crippen LogP contribution in [0.2, 0.25) is 5.02 Å². The van der Waals surface area contributed by atoms with E-state index < -0.39 is 5.91 Å². The number of nitrogens with zero attached hydrogens (tertiary/aromatic N) is 1. The molecule has 1 aliphatic rings. The maximum atomic E-state index is 11.6. The molecule has 0 N–H and O–H groups in total. The van der Waals surface area contributed by atoms with Gasteiger partial charge in [-0.05, 0) is 18.2 Å². The SMILES string of the molecule is COc1ccc(Cl)cc1N1CCC(=O)C1=O. The Labute approximate surface area is 97.7 Å². The number of hydrogen-bond donors (Lipinski definition) is 0. The van der Waals surface area contributed by atoms with Crippen molar-refractivity contribution in [3.8, 4) is 5.75 Å². The summed E-state index contributed by atoms with van der Waals surface area (Å²) in [5, 5.41) is 0.503. The highest BCUT2D eigenvalue weighted by atomic mass is 35.5. The molecule has 0 unspecified atom stereocenters. The Kier molecular flexibility index (Phi) is 2.83. The molecule has 1 amide bonds. The zero-order chi connectivity index (χ0) is 11.7. The summed E-state index contributed by atoms with van der Waals surface area (Å²) in [6.45, 7) is 0.383. The first kappa shape index (κ1) is 11.0. The lowest BCUT2D eigenvalue weighted by molar-refractivity contribution is -0.133. The Hall–Kier alpha value is -1.55. The number of amides is 1. The van der Waals surface area contributed by atoms with Crippen molar-refractivity contribution in [2.75, 3.05) is 18.6 Å². The third-order valence-corrected chi connectivity index (χ3v) is 2.71. The molecule has 84 valence electrons. The van der Waals surface area contributed by atoms with Crippen molar-refractivity contribution in [3.63, 3.8) is 0 Å². The van der Waals surface area contributed by atoms with Gasteiger partial charge < -0.3 is 9.64 Å². The number of Topliss-reactive ketones (excluding diaryl/α,β-unsaturated/α-hetero) is 1. The zero-order valence-corrected chi connectivity index (χ0v) is 9.45. The maximum Gasteiger partial charge on any atom is 0.294 e. The Morgan fingerprint density at radius 2 is 2.12 bits per heavy atom. The highest BCUT2D eigenvalue weighted by Crippen LogP contribution is 2.33. The van der Waals surface area contributed by atoms with Crippen LogP contribution in [0.15, 0.2) is 18.2 Å². The molecule has 2 rings (SSSR count). The van der Waals surface area contributed by atoms with Gasteiger partial charge in [-0.1, -0.05) is 11.6 Å². The molecule has 1 fully saturated rings. The Morgan fingerprint density at radius 1 is 1.38 bits per heavy atom. The number of halogens is 1. The number of anilines is 1. The smallest absolute Gasteiger partial charge is 0.294 e. The van der Waals surface area contributed by atoms with E-state index in [4.69, 9.17) is 16.3 Å². The molecule has 1 aliphatic heterocycles. The van der Waals surface area contributed by atoms with Crippen molar-refractivity contribution in [1.82, 2.24) is 0 Å². The highest BCUT2D eigenvalue weighted by Gasteiger charge is 2.32. The molecule has 1 heterocycles. The second-order valence-electron chi connectivity index (χ2n) is 3.45. The van der Waals surface area contributed by atoms with Gasteiger partial charge in [0.25, 0.3) is 5.91 Å². The Morgan fingerprint density at radius 3 is 2.69 bits per heavy atom. The lowest BCUT2D eigenvalue weighted by Crippen LogP contribution is -2.27. The van der Waals surface area contributed by atoms with Gasteiger partial charge >= 0.3 is 0 Å². The maximum absolute atomic E-state index is 11.6. The Bertz CT molecular complexity index is 459. The minimum Gasteiger partial charge on any atom is -0.495 e. The molecular weight excluding hydrogens is 230 g/mol. The minimum absolute atomic E-state index is 0.245. The molecule has 0 bridgehead atoms. The zero-order valence-electron chi connectivity index (χ0n) is 8.70. The van der Waals surface area contributed by atoms with E-state index in [2.05, 4.69) is 0 Å². The predicted octanol–water partition coefficient (Wildman–Crippen LogP) is 1.65. The number of ketones is 1. The topological polar surface area (TPSA) is 46.6 Å². The molecule has 0 spiro atoms. The van der Waals surface area contributed by atoms with Crippen molar-refractivity contribution in [2.24, 2.45) is 0 Å². The highest BCUT2D eigenvalue weighted by molar-refractivity contribution is 6.44. The lowest BCUT2D eigenvalue weighted by atomic mass is 10.2. The van der Waals surface area contributed by atoms with Gasteiger partial charge in [0.2, 0.25) is 5.78 Å². The number of rotatable bonds is 2. The number of benzene rings is 1. The average molecular weight is 240 g/mol. The summed E-state index contributed by atoms with van der Waals surface area (Å²) in [5.41, 5.74) is 0.547. The van der Waals surface area contributed by atoms with Crippen molar-refractivity contribution in [3.05, 3.63) is 23.2 Å². The second kappa shape index (κ2) is 4.14. The molecule has 5 heteroatoms. The van der Waals surface area contributed by atoms with E-state index >= 15 is 0 Å². The first-order valence-corrected chi connectivity index (χ1v) is 5.19. The number of methoxy groups -OCH3 is 1. The summed E-state index contributed by atoms with van der Waals surface area (Å²) in [4.78, 5) is 24.1. The van der Waals surface area contributed by atoms with Gasteiger partial charge in [0, 0.05) is 18.0 Å².